The van der Waals surface area contributed by atoms with Gasteiger partial charge < -0.3 is 10.6 Å². The van der Waals surface area contributed by atoms with Gasteiger partial charge in [-0.15, -0.1) is 0 Å². The van der Waals surface area contributed by atoms with Crippen LogP contribution in [-0.2, 0) is 0 Å². The van der Waals surface area contributed by atoms with E-state index >= 15 is 0 Å². The zero-order chi connectivity index (χ0) is 14.5. The van der Waals surface area contributed by atoms with Crippen LogP contribution in [0.5, 0.6) is 0 Å². The lowest BCUT2D eigenvalue weighted by Gasteiger charge is -2.13. The number of hydrogen-bond acceptors (Lipinski definition) is 4. The highest BCUT2D eigenvalue weighted by molar-refractivity contribution is 5.56. The monoisotopic (exact) mass is 278 g/mol. The number of hydrogen-bond donors (Lipinski definition) is 2. The van der Waals surface area contributed by atoms with Crippen molar-refractivity contribution < 1.29 is 8.78 Å². The van der Waals surface area contributed by atoms with Gasteiger partial charge in [0.05, 0.1) is 0 Å². The Bertz CT molecular complexity index is 569. The minimum atomic E-state index is -0.686. The van der Waals surface area contributed by atoms with E-state index < -0.39 is 11.6 Å². The van der Waals surface area contributed by atoms with E-state index in [4.69, 9.17) is 0 Å². The molecule has 20 heavy (non-hydrogen) atoms. The normalized spacial score (nSPS) is 12.0. The molecule has 6 heteroatoms. The highest BCUT2D eigenvalue weighted by atomic mass is 19.1. The maximum Gasteiger partial charge on any atom is 0.229 e. The molecule has 2 rings (SSSR count). The van der Waals surface area contributed by atoms with Crippen molar-refractivity contribution in [1.82, 2.24) is 9.97 Å². The molecule has 2 N–H and O–H groups in total. The number of nitrogens with zero attached hydrogens (tertiary/aromatic N) is 2. The van der Waals surface area contributed by atoms with Crippen LogP contribution < -0.4 is 10.6 Å². The van der Waals surface area contributed by atoms with Crippen LogP contribution in [0.15, 0.2) is 30.5 Å². The number of halogens is 2. The fourth-order valence-corrected chi connectivity index (χ4v) is 1.58. The molecule has 1 atom stereocenters. The summed E-state index contributed by atoms with van der Waals surface area (Å²) in [5.74, 6) is -0.626. The largest absolute Gasteiger partial charge is 0.367 e. The molecule has 0 aliphatic rings. The van der Waals surface area contributed by atoms with Crippen molar-refractivity contribution in [2.45, 2.75) is 26.3 Å². The fraction of sp³-hybridized carbons (Fsp3) is 0.286. The molecule has 1 unspecified atom stereocenters. The molecule has 0 fully saturated rings. The SMILES string of the molecule is CCC(C)Nc1ccnc(Nc2c(F)cccc2F)n1. The summed E-state index contributed by atoms with van der Waals surface area (Å²) >= 11 is 0. The Hall–Kier alpha value is -2.24. The van der Waals surface area contributed by atoms with Gasteiger partial charge in [-0.3, -0.25) is 0 Å². The van der Waals surface area contributed by atoms with Crippen molar-refractivity contribution >= 4 is 17.5 Å². The summed E-state index contributed by atoms with van der Waals surface area (Å²) in [7, 11) is 0. The Morgan fingerprint density at radius 1 is 1.20 bits per heavy atom. The first-order valence-electron chi connectivity index (χ1n) is 6.40. The van der Waals surface area contributed by atoms with E-state index in [0.29, 0.717) is 5.82 Å². The lowest BCUT2D eigenvalue weighted by molar-refractivity contribution is 0.590. The van der Waals surface area contributed by atoms with Gasteiger partial charge in [-0.05, 0) is 31.5 Å². The number of para-hydroxylation sites is 1. The van der Waals surface area contributed by atoms with E-state index in [0.717, 1.165) is 6.42 Å². The Balaban J connectivity index is 2.20. The first-order valence-corrected chi connectivity index (χ1v) is 6.40. The Morgan fingerprint density at radius 2 is 1.90 bits per heavy atom. The van der Waals surface area contributed by atoms with E-state index in [1.54, 1.807) is 6.07 Å². The summed E-state index contributed by atoms with van der Waals surface area (Å²) in [5, 5.41) is 5.73. The van der Waals surface area contributed by atoms with Crippen molar-refractivity contribution in [1.29, 1.82) is 0 Å². The second-order valence-electron chi connectivity index (χ2n) is 4.44. The van der Waals surface area contributed by atoms with Crippen molar-refractivity contribution in [3.8, 4) is 0 Å². The van der Waals surface area contributed by atoms with E-state index in [1.165, 1.54) is 24.4 Å². The van der Waals surface area contributed by atoms with Crippen LogP contribution in [0, 0.1) is 11.6 Å². The summed E-state index contributed by atoms with van der Waals surface area (Å²) in [5.41, 5.74) is -0.256. The Kier molecular flexibility index (Phi) is 4.45. The van der Waals surface area contributed by atoms with Crippen molar-refractivity contribution in [3.63, 3.8) is 0 Å². The number of benzene rings is 1. The summed E-state index contributed by atoms with van der Waals surface area (Å²) in [4.78, 5) is 8.13. The first-order chi connectivity index (χ1) is 9.60. The molecule has 0 saturated carbocycles. The average molecular weight is 278 g/mol. The Morgan fingerprint density at radius 3 is 2.55 bits per heavy atom. The van der Waals surface area contributed by atoms with Gasteiger partial charge in [0.1, 0.15) is 23.1 Å². The van der Waals surface area contributed by atoms with Gasteiger partial charge in [0.15, 0.2) is 0 Å². The number of anilines is 3. The van der Waals surface area contributed by atoms with Gasteiger partial charge in [-0.2, -0.15) is 4.98 Å². The van der Waals surface area contributed by atoms with Crippen molar-refractivity contribution in [3.05, 3.63) is 42.1 Å². The van der Waals surface area contributed by atoms with Crippen LogP contribution in [0.2, 0.25) is 0 Å². The molecule has 2 aromatic rings. The molecule has 1 aromatic carbocycles. The minimum absolute atomic E-state index is 0.141. The van der Waals surface area contributed by atoms with Crippen LogP contribution in [0.1, 0.15) is 20.3 Å². The third-order valence-electron chi connectivity index (χ3n) is 2.86. The van der Waals surface area contributed by atoms with Crippen LogP contribution in [0.4, 0.5) is 26.2 Å². The lowest BCUT2D eigenvalue weighted by Crippen LogP contribution is -2.15. The second-order valence-corrected chi connectivity index (χ2v) is 4.44. The second kappa shape index (κ2) is 6.27. The van der Waals surface area contributed by atoms with Gasteiger partial charge >= 0.3 is 0 Å². The van der Waals surface area contributed by atoms with Crippen LogP contribution in [-0.4, -0.2) is 16.0 Å². The Labute approximate surface area is 116 Å². The molecule has 0 radical (unpaired) electrons. The molecular formula is C14H16F2N4. The summed E-state index contributed by atoms with van der Waals surface area (Å²) < 4.78 is 27.1. The summed E-state index contributed by atoms with van der Waals surface area (Å²) in [6.07, 6.45) is 2.47. The minimum Gasteiger partial charge on any atom is -0.367 e. The zero-order valence-electron chi connectivity index (χ0n) is 11.3. The molecular weight excluding hydrogens is 262 g/mol. The van der Waals surface area contributed by atoms with Crippen molar-refractivity contribution in [2.75, 3.05) is 10.6 Å². The van der Waals surface area contributed by atoms with E-state index in [1.807, 2.05) is 13.8 Å². The molecule has 0 aliphatic carbocycles. The first kappa shape index (κ1) is 14.2. The van der Waals surface area contributed by atoms with Gasteiger partial charge in [0.2, 0.25) is 5.95 Å². The smallest absolute Gasteiger partial charge is 0.229 e. The molecule has 0 aliphatic heterocycles. The quantitative estimate of drug-likeness (QED) is 0.875. The van der Waals surface area contributed by atoms with Crippen molar-refractivity contribution in [2.24, 2.45) is 0 Å². The molecule has 0 saturated heterocycles. The van der Waals surface area contributed by atoms with Gasteiger partial charge in [-0.25, -0.2) is 13.8 Å². The molecule has 0 bridgehead atoms. The van der Waals surface area contributed by atoms with Gasteiger partial charge in [0.25, 0.3) is 0 Å². The number of rotatable bonds is 5. The number of aromatic nitrogens is 2. The van der Waals surface area contributed by atoms with E-state index in [2.05, 4.69) is 20.6 Å². The molecule has 0 amide bonds. The lowest BCUT2D eigenvalue weighted by atomic mass is 10.2. The van der Waals surface area contributed by atoms with E-state index in [9.17, 15) is 8.78 Å². The van der Waals surface area contributed by atoms with Crippen LogP contribution in [0.25, 0.3) is 0 Å². The fourth-order valence-electron chi connectivity index (χ4n) is 1.58. The predicted octanol–water partition coefficient (Wildman–Crippen LogP) is 3.71. The third kappa shape index (κ3) is 3.40. The standard InChI is InChI=1S/C14H16F2N4/c1-3-9(2)18-12-7-8-17-14(19-12)20-13-10(15)5-4-6-11(13)16/h4-9H,3H2,1-2H3,(H2,17,18,19,20). The van der Waals surface area contributed by atoms with Gasteiger partial charge in [0, 0.05) is 12.2 Å². The third-order valence-corrected chi connectivity index (χ3v) is 2.86. The average Bonchev–Trinajstić information content (AvgIpc) is 2.43. The molecule has 0 spiro atoms. The summed E-state index contributed by atoms with van der Waals surface area (Å²) in [6, 6.07) is 5.61. The number of nitrogens with one attached hydrogen (secondary N) is 2. The van der Waals surface area contributed by atoms with Gasteiger partial charge in [-0.1, -0.05) is 13.0 Å². The van der Waals surface area contributed by atoms with Crippen LogP contribution in [0.3, 0.4) is 0 Å². The van der Waals surface area contributed by atoms with E-state index in [-0.39, 0.29) is 17.7 Å². The topological polar surface area (TPSA) is 49.8 Å². The zero-order valence-corrected chi connectivity index (χ0v) is 11.3. The predicted molar refractivity (Wildman–Crippen MR) is 75.0 cm³/mol. The summed E-state index contributed by atoms with van der Waals surface area (Å²) in [6.45, 7) is 4.07. The molecule has 4 nitrogen and oxygen atoms in total. The molecule has 1 aromatic heterocycles. The molecule has 106 valence electrons. The highest BCUT2D eigenvalue weighted by Crippen LogP contribution is 2.21. The maximum atomic E-state index is 13.5. The van der Waals surface area contributed by atoms with Crippen LogP contribution >= 0.6 is 0 Å². The maximum absolute atomic E-state index is 13.5. The molecule has 1 heterocycles. The highest BCUT2D eigenvalue weighted by Gasteiger charge is 2.10.